The highest BCUT2D eigenvalue weighted by molar-refractivity contribution is 6.50. The molecule has 5 heteroatoms. The van der Waals surface area contributed by atoms with E-state index < -0.39 is 10.2 Å². The number of alkyl halides is 5. The normalized spacial score (nSPS) is 16.7. The van der Waals surface area contributed by atoms with Crippen molar-refractivity contribution in [1.82, 2.24) is 0 Å². The van der Waals surface area contributed by atoms with Crippen molar-refractivity contribution in [1.29, 1.82) is 0 Å². The van der Waals surface area contributed by atoms with Gasteiger partial charge >= 0.3 is 4.59 Å². The van der Waals surface area contributed by atoms with E-state index in [0.717, 1.165) is 0 Å². The van der Waals surface area contributed by atoms with Crippen LogP contribution in [-0.2, 0) is 0 Å². The Morgan fingerprint density at radius 2 is 1.57 bits per heavy atom. The molecule has 0 nitrogen and oxygen atoms in total. The molecule has 0 aromatic rings. The molecule has 0 aromatic carbocycles. The lowest BCUT2D eigenvalue weighted by Crippen LogP contribution is -2.14. The molecule has 0 unspecified atom stereocenters. The molecule has 0 bridgehead atoms. The van der Waals surface area contributed by atoms with Gasteiger partial charge in [-0.15, -0.1) is 0 Å². The van der Waals surface area contributed by atoms with Crippen molar-refractivity contribution in [2.24, 2.45) is 0 Å². The summed E-state index contributed by atoms with van der Waals surface area (Å²) in [5.41, 5.74) is -2.36. The predicted octanol–water partition coefficient (Wildman–Crippen LogP) is 2.62. The minimum Gasteiger partial charge on any atom is -0.223 e. The molecule has 0 aliphatic heterocycles. The Morgan fingerprint density at radius 1 is 1.43 bits per heavy atom. The molecule has 0 saturated heterocycles. The highest BCUT2D eigenvalue weighted by Crippen LogP contribution is 2.31. The summed E-state index contributed by atoms with van der Waals surface area (Å²) in [4.78, 5) is 0. The molecule has 0 saturated carbocycles. The summed E-state index contributed by atoms with van der Waals surface area (Å²) < 4.78 is 19.9. The first-order chi connectivity index (χ1) is 2.94. The van der Waals surface area contributed by atoms with Crippen LogP contribution in [-0.4, -0.2) is 10.2 Å². The zero-order chi connectivity index (χ0) is 6.08. The molecular weight excluding hydrogens is 168 g/mol. The van der Waals surface area contributed by atoms with Crippen molar-refractivity contribution < 1.29 is 8.78 Å². The average Bonchev–Trinajstić information content (AvgIpc) is 1.31. The van der Waals surface area contributed by atoms with Crippen LogP contribution < -0.4 is 0 Å². The Labute approximate surface area is 54.3 Å². The lowest BCUT2D eigenvalue weighted by molar-refractivity contribution is 0.269. The zero-order valence-electron chi connectivity index (χ0n) is 2.97. The van der Waals surface area contributed by atoms with Gasteiger partial charge in [0.1, 0.15) is 0 Å². The fraction of sp³-hybridized carbons (Fsp3) is 1.00. The van der Waals surface area contributed by atoms with E-state index >= 15 is 0 Å². The summed E-state index contributed by atoms with van der Waals surface area (Å²) >= 11 is 13.4. The smallest absolute Gasteiger partial charge is 0.223 e. The fourth-order valence-corrected chi connectivity index (χ4v) is 0. The number of hydrogen-bond acceptors (Lipinski definition) is 0. The monoisotopic (exact) mass is 168 g/mol. The molecular formula is C2HCl3F2. The molecule has 0 spiro atoms. The molecule has 0 rings (SSSR count). The molecule has 0 fully saturated rings. The molecule has 0 aromatic heterocycles. The third kappa shape index (κ3) is 3.32. The van der Waals surface area contributed by atoms with E-state index in [9.17, 15) is 8.78 Å². The SMILES string of the molecule is F[C@@H](Cl)C(F)(Cl)Cl. The maximum absolute atomic E-state index is 11.5. The summed E-state index contributed by atoms with van der Waals surface area (Å²) in [6, 6.07) is 0. The number of hydrogen-bond donors (Lipinski definition) is 0. The summed E-state index contributed by atoms with van der Waals surface area (Å²) in [7, 11) is 0. The standard InChI is InChI=1S/C2HCl3F2/c3-1(6)2(4,5)7/h1H/t1-/m1/s1. The lowest BCUT2D eigenvalue weighted by Gasteiger charge is -2.05. The topological polar surface area (TPSA) is 0 Å². The van der Waals surface area contributed by atoms with Crippen molar-refractivity contribution in [2.75, 3.05) is 0 Å². The lowest BCUT2D eigenvalue weighted by atomic mass is 10.8. The molecule has 0 N–H and O–H groups in total. The second-order valence-electron chi connectivity index (χ2n) is 0.842. The molecule has 0 radical (unpaired) electrons. The van der Waals surface area contributed by atoms with Gasteiger partial charge in [0.05, 0.1) is 0 Å². The van der Waals surface area contributed by atoms with Crippen LogP contribution >= 0.6 is 34.8 Å². The Bertz CT molecular complexity index is 56.4. The molecule has 0 aliphatic carbocycles. The zero-order valence-corrected chi connectivity index (χ0v) is 5.23. The number of rotatable bonds is 1. The molecule has 0 aliphatic rings. The summed E-state index contributed by atoms with van der Waals surface area (Å²) in [5, 5.41) is 0. The van der Waals surface area contributed by atoms with Gasteiger partial charge in [-0.25, -0.2) is 8.78 Å². The van der Waals surface area contributed by atoms with Crippen LogP contribution in [0.15, 0.2) is 0 Å². The van der Waals surface area contributed by atoms with Crippen LogP contribution in [0.25, 0.3) is 0 Å². The van der Waals surface area contributed by atoms with Gasteiger partial charge in [0, 0.05) is 0 Å². The second-order valence-corrected chi connectivity index (χ2v) is 2.52. The van der Waals surface area contributed by atoms with Crippen LogP contribution in [0.1, 0.15) is 0 Å². The Balaban J connectivity index is 3.54. The van der Waals surface area contributed by atoms with Gasteiger partial charge in [0.15, 0.2) is 0 Å². The Morgan fingerprint density at radius 3 is 1.57 bits per heavy atom. The van der Waals surface area contributed by atoms with Gasteiger partial charge in [-0.1, -0.05) is 34.8 Å². The van der Waals surface area contributed by atoms with Gasteiger partial charge in [-0.2, -0.15) is 0 Å². The second kappa shape index (κ2) is 2.33. The maximum atomic E-state index is 11.5. The van der Waals surface area contributed by atoms with Crippen LogP contribution in [0, 0.1) is 0 Å². The van der Waals surface area contributed by atoms with Gasteiger partial charge in [0.2, 0.25) is 5.63 Å². The van der Waals surface area contributed by atoms with Gasteiger partial charge in [-0.3, -0.25) is 0 Å². The van der Waals surface area contributed by atoms with Crippen LogP contribution in [0.2, 0.25) is 0 Å². The summed E-state index contributed by atoms with van der Waals surface area (Å²) in [5.74, 6) is 0. The molecule has 1 atom stereocenters. The number of halogens is 5. The highest BCUT2D eigenvalue weighted by Gasteiger charge is 2.32. The fourth-order valence-electron chi connectivity index (χ4n) is 0. The summed E-state index contributed by atoms with van der Waals surface area (Å²) in [6.45, 7) is 0. The third-order valence-electron chi connectivity index (χ3n) is 0.247. The van der Waals surface area contributed by atoms with Crippen LogP contribution in [0.3, 0.4) is 0 Å². The molecule has 0 amide bonds. The van der Waals surface area contributed by atoms with E-state index in [1.807, 2.05) is 0 Å². The maximum Gasteiger partial charge on any atom is 0.302 e. The highest BCUT2D eigenvalue weighted by atomic mass is 35.5. The largest absolute Gasteiger partial charge is 0.302 e. The molecule has 0 heterocycles. The van der Waals surface area contributed by atoms with Crippen LogP contribution in [0.5, 0.6) is 0 Å². The quantitative estimate of drug-likeness (QED) is 0.529. The van der Waals surface area contributed by atoms with E-state index in [-0.39, 0.29) is 0 Å². The van der Waals surface area contributed by atoms with Crippen molar-refractivity contribution in [3.05, 3.63) is 0 Å². The van der Waals surface area contributed by atoms with Gasteiger partial charge < -0.3 is 0 Å². The molecule has 44 valence electrons. The van der Waals surface area contributed by atoms with E-state index in [1.165, 1.54) is 0 Å². The van der Waals surface area contributed by atoms with Crippen molar-refractivity contribution >= 4 is 34.8 Å². The van der Waals surface area contributed by atoms with Crippen molar-refractivity contribution in [3.63, 3.8) is 0 Å². The van der Waals surface area contributed by atoms with Crippen molar-refractivity contribution in [3.8, 4) is 0 Å². The molecule has 7 heavy (non-hydrogen) atoms. The minimum absolute atomic E-state index is 2.36. The first kappa shape index (κ1) is 7.73. The van der Waals surface area contributed by atoms with Crippen molar-refractivity contribution in [2.45, 2.75) is 10.2 Å². The van der Waals surface area contributed by atoms with Gasteiger partial charge in [-0.05, 0) is 0 Å². The summed E-state index contributed by atoms with van der Waals surface area (Å²) in [6.07, 6.45) is 0. The average molecular weight is 169 g/mol. The Hall–Kier alpha value is 0.730. The van der Waals surface area contributed by atoms with E-state index in [4.69, 9.17) is 0 Å². The predicted molar refractivity (Wildman–Crippen MR) is 26.3 cm³/mol. The first-order valence-corrected chi connectivity index (χ1v) is 2.48. The minimum atomic E-state index is -2.96. The van der Waals surface area contributed by atoms with E-state index in [0.29, 0.717) is 0 Å². The van der Waals surface area contributed by atoms with E-state index in [2.05, 4.69) is 34.8 Å². The van der Waals surface area contributed by atoms with Crippen LogP contribution in [0.4, 0.5) is 8.78 Å². The van der Waals surface area contributed by atoms with Gasteiger partial charge in [0.25, 0.3) is 0 Å². The first-order valence-electron chi connectivity index (χ1n) is 1.29. The van der Waals surface area contributed by atoms with E-state index in [1.54, 1.807) is 0 Å². The Kier molecular flexibility index (Phi) is 2.58. The third-order valence-corrected chi connectivity index (χ3v) is 1.15.